The van der Waals surface area contributed by atoms with Crippen LogP contribution in [-0.4, -0.2) is 72.7 Å². The number of urea groups is 1. The molecule has 2 amide bonds. The summed E-state index contributed by atoms with van der Waals surface area (Å²) in [7, 11) is 0. The first kappa shape index (κ1) is 16.5. The molecule has 3 aliphatic heterocycles. The van der Waals surface area contributed by atoms with E-state index in [0.717, 1.165) is 63.6 Å². The molecule has 0 bridgehead atoms. The molecule has 0 unspecified atom stereocenters. The number of hydrogen-bond acceptors (Lipinski definition) is 4. The summed E-state index contributed by atoms with van der Waals surface area (Å²) in [6, 6.07) is 6.87. The van der Waals surface area contributed by atoms with Gasteiger partial charge in [-0.1, -0.05) is 6.07 Å². The molecule has 2 fully saturated rings. The van der Waals surface area contributed by atoms with E-state index in [1.165, 1.54) is 5.56 Å². The molecule has 136 valence electrons. The van der Waals surface area contributed by atoms with Crippen molar-refractivity contribution in [1.29, 1.82) is 0 Å². The van der Waals surface area contributed by atoms with Gasteiger partial charge in [0.2, 0.25) is 0 Å². The predicted molar refractivity (Wildman–Crippen MR) is 95.1 cm³/mol. The molecule has 1 aromatic rings. The Morgan fingerprint density at radius 1 is 1.04 bits per heavy atom. The van der Waals surface area contributed by atoms with Crippen LogP contribution >= 0.6 is 0 Å². The van der Waals surface area contributed by atoms with Gasteiger partial charge in [0.05, 0.1) is 0 Å². The number of carbonyl (C=O) groups excluding carboxylic acids is 1. The zero-order valence-electron chi connectivity index (χ0n) is 14.9. The number of hydrogen-bond donors (Lipinski definition) is 0. The fourth-order valence-electron chi connectivity index (χ4n) is 4.07. The molecule has 0 aliphatic carbocycles. The van der Waals surface area contributed by atoms with Gasteiger partial charge < -0.3 is 19.3 Å². The van der Waals surface area contributed by atoms with Crippen molar-refractivity contribution in [3.63, 3.8) is 0 Å². The number of benzene rings is 1. The van der Waals surface area contributed by atoms with E-state index in [2.05, 4.69) is 28.9 Å². The molecule has 2 saturated heterocycles. The van der Waals surface area contributed by atoms with E-state index in [4.69, 9.17) is 9.47 Å². The molecule has 0 N–H and O–H groups in total. The Morgan fingerprint density at radius 2 is 1.80 bits per heavy atom. The molecule has 0 aromatic heterocycles. The van der Waals surface area contributed by atoms with Crippen LogP contribution in [0.15, 0.2) is 18.2 Å². The van der Waals surface area contributed by atoms with Crippen molar-refractivity contribution < 1.29 is 14.3 Å². The summed E-state index contributed by atoms with van der Waals surface area (Å²) in [5.41, 5.74) is 1.26. The van der Waals surface area contributed by atoms with Gasteiger partial charge in [0.15, 0.2) is 11.5 Å². The average molecular weight is 345 g/mol. The number of rotatable bonds is 4. The fourth-order valence-corrected chi connectivity index (χ4v) is 4.07. The van der Waals surface area contributed by atoms with E-state index < -0.39 is 0 Å². The number of carbonyl (C=O) groups is 1. The first-order valence-electron chi connectivity index (χ1n) is 9.41. The molecular weight excluding hydrogens is 318 g/mol. The lowest BCUT2D eigenvalue weighted by molar-refractivity contribution is 0.126. The molecule has 0 saturated carbocycles. The van der Waals surface area contributed by atoms with Gasteiger partial charge in [-0.25, -0.2) is 4.79 Å². The average Bonchev–Trinajstić information content (AvgIpc) is 3.03. The van der Waals surface area contributed by atoms with Gasteiger partial charge >= 0.3 is 6.03 Å². The summed E-state index contributed by atoms with van der Waals surface area (Å²) >= 11 is 0. The Labute approximate surface area is 149 Å². The number of amides is 2. The summed E-state index contributed by atoms with van der Waals surface area (Å²) in [4.78, 5) is 18.9. The summed E-state index contributed by atoms with van der Waals surface area (Å²) in [5, 5.41) is 0. The predicted octanol–water partition coefficient (Wildman–Crippen LogP) is 2.18. The van der Waals surface area contributed by atoms with Gasteiger partial charge in [0, 0.05) is 45.3 Å². The highest BCUT2D eigenvalue weighted by Crippen LogP contribution is 2.31. The molecule has 0 atom stereocenters. The van der Waals surface area contributed by atoms with Gasteiger partial charge in [-0.05, 0) is 37.5 Å². The first-order chi connectivity index (χ1) is 12.2. The fraction of sp³-hybridized carbons (Fsp3) is 0.632. The maximum atomic E-state index is 12.4. The summed E-state index contributed by atoms with van der Waals surface area (Å²) in [5.74, 6) is 1.71. The van der Waals surface area contributed by atoms with Crippen molar-refractivity contribution in [1.82, 2.24) is 14.7 Å². The van der Waals surface area contributed by atoms with Gasteiger partial charge in [-0.2, -0.15) is 0 Å². The van der Waals surface area contributed by atoms with Gasteiger partial charge in [-0.15, -0.1) is 0 Å². The van der Waals surface area contributed by atoms with Gasteiger partial charge in [0.25, 0.3) is 0 Å². The number of nitrogens with zero attached hydrogens (tertiary/aromatic N) is 3. The van der Waals surface area contributed by atoms with Gasteiger partial charge in [0.1, 0.15) is 13.2 Å². The molecule has 3 aliphatic rings. The van der Waals surface area contributed by atoms with Gasteiger partial charge in [-0.3, -0.25) is 4.90 Å². The molecule has 0 radical (unpaired) electrons. The second-order valence-electron chi connectivity index (χ2n) is 7.04. The van der Waals surface area contributed by atoms with Crippen LogP contribution in [0.2, 0.25) is 0 Å². The van der Waals surface area contributed by atoms with Crippen molar-refractivity contribution >= 4 is 6.03 Å². The van der Waals surface area contributed by atoms with Crippen LogP contribution in [0.5, 0.6) is 11.5 Å². The van der Waals surface area contributed by atoms with Crippen LogP contribution in [-0.2, 0) is 6.54 Å². The first-order valence-corrected chi connectivity index (χ1v) is 9.41. The minimum atomic E-state index is 0.229. The second kappa shape index (κ2) is 7.12. The van der Waals surface area contributed by atoms with Crippen molar-refractivity contribution in [3.8, 4) is 11.5 Å². The number of piperidine rings is 1. The third kappa shape index (κ3) is 3.40. The molecular formula is C19H27N3O3. The molecule has 0 spiro atoms. The van der Waals surface area contributed by atoms with E-state index in [1.54, 1.807) is 0 Å². The highest BCUT2D eigenvalue weighted by Gasteiger charge is 2.34. The Hall–Kier alpha value is -1.95. The van der Waals surface area contributed by atoms with Crippen molar-refractivity contribution in [2.75, 3.05) is 45.9 Å². The van der Waals surface area contributed by atoms with E-state index in [1.807, 2.05) is 11.0 Å². The zero-order chi connectivity index (χ0) is 17.2. The highest BCUT2D eigenvalue weighted by atomic mass is 16.6. The van der Waals surface area contributed by atoms with E-state index in [9.17, 15) is 4.79 Å². The molecule has 4 rings (SSSR count). The second-order valence-corrected chi connectivity index (χ2v) is 7.04. The quantitative estimate of drug-likeness (QED) is 0.839. The summed E-state index contributed by atoms with van der Waals surface area (Å²) < 4.78 is 11.3. The molecule has 6 nitrogen and oxygen atoms in total. The molecule has 1 aromatic carbocycles. The van der Waals surface area contributed by atoms with E-state index >= 15 is 0 Å². The van der Waals surface area contributed by atoms with Crippen LogP contribution in [0.4, 0.5) is 4.79 Å². The maximum Gasteiger partial charge on any atom is 0.320 e. The van der Waals surface area contributed by atoms with Crippen LogP contribution in [0.3, 0.4) is 0 Å². The zero-order valence-corrected chi connectivity index (χ0v) is 14.9. The van der Waals surface area contributed by atoms with Crippen LogP contribution in [0.1, 0.15) is 25.3 Å². The molecule has 6 heteroatoms. The largest absolute Gasteiger partial charge is 0.486 e. The molecule has 25 heavy (non-hydrogen) atoms. The minimum absolute atomic E-state index is 0.229. The van der Waals surface area contributed by atoms with Crippen molar-refractivity contribution in [3.05, 3.63) is 23.8 Å². The van der Waals surface area contributed by atoms with Crippen LogP contribution in [0.25, 0.3) is 0 Å². The van der Waals surface area contributed by atoms with Crippen molar-refractivity contribution in [2.45, 2.75) is 32.4 Å². The van der Waals surface area contributed by atoms with E-state index in [0.29, 0.717) is 19.3 Å². The van der Waals surface area contributed by atoms with Crippen molar-refractivity contribution in [2.24, 2.45) is 0 Å². The maximum absolute atomic E-state index is 12.4. The summed E-state index contributed by atoms with van der Waals surface area (Å²) in [6.07, 6.45) is 2.13. The smallest absolute Gasteiger partial charge is 0.320 e. The Bertz CT molecular complexity index is 628. The lowest BCUT2D eigenvalue weighted by Crippen LogP contribution is -2.46. The normalized spacial score (nSPS) is 21.9. The standard InChI is InChI=1S/C19H27N3O3/c1-2-21-9-10-22(19(21)23)16-5-7-20(8-6-16)14-15-3-4-17-18(13-15)25-12-11-24-17/h3-4,13,16H,2,5-12,14H2,1H3. The lowest BCUT2D eigenvalue weighted by Gasteiger charge is -2.36. The number of likely N-dealkylation sites (N-methyl/N-ethyl adjacent to an activating group) is 1. The minimum Gasteiger partial charge on any atom is -0.486 e. The van der Waals surface area contributed by atoms with E-state index in [-0.39, 0.29) is 6.03 Å². The Balaban J connectivity index is 1.31. The Kier molecular flexibility index (Phi) is 4.70. The topological polar surface area (TPSA) is 45.2 Å². The number of ether oxygens (including phenoxy) is 2. The Morgan fingerprint density at radius 3 is 2.52 bits per heavy atom. The molecule has 3 heterocycles. The van der Waals surface area contributed by atoms with Crippen LogP contribution in [0, 0.1) is 0 Å². The monoisotopic (exact) mass is 345 g/mol. The third-order valence-electron chi connectivity index (χ3n) is 5.52. The highest BCUT2D eigenvalue weighted by molar-refractivity contribution is 5.76. The third-order valence-corrected chi connectivity index (χ3v) is 5.52. The lowest BCUT2D eigenvalue weighted by atomic mass is 10.0. The SMILES string of the molecule is CCN1CCN(C2CCN(Cc3ccc4c(c3)OCCO4)CC2)C1=O. The number of likely N-dealkylation sites (tertiary alicyclic amines) is 1. The summed E-state index contributed by atoms with van der Waals surface area (Å²) in [6.45, 7) is 8.90. The number of fused-ring (bicyclic) bond motifs is 1. The van der Waals surface area contributed by atoms with Crippen LogP contribution < -0.4 is 9.47 Å².